The highest BCUT2D eigenvalue weighted by Crippen LogP contribution is 2.21. The predicted molar refractivity (Wildman–Crippen MR) is 64.7 cm³/mol. The molecule has 1 aromatic heterocycles. The monoisotopic (exact) mass is 233 g/mol. The maximum absolute atomic E-state index is 5.52. The number of nitrogens with one attached hydrogen (secondary N) is 1. The molecule has 0 bridgehead atoms. The van der Waals surface area contributed by atoms with E-state index in [-0.39, 0.29) is 0 Å². The maximum Gasteiger partial charge on any atom is 0.115 e. The normalized spacial score (nSPS) is 23.6. The lowest BCUT2D eigenvalue weighted by atomic mass is 9.98. The topological polar surface area (TPSA) is 47.0 Å². The van der Waals surface area contributed by atoms with Gasteiger partial charge in [-0.3, -0.25) is 0 Å². The standard InChI is InChI=1S/C13H19N3O/c1(10-3-5-14-7-10)2-12-11-8-17-6-4-13(11)16-9-15-12/h9-10,14H,1-8H2. The number of ether oxygens (including phenoxy) is 1. The van der Waals surface area contributed by atoms with E-state index in [2.05, 4.69) is 15.3 Å². The molecule has 1 N–H and O–H groups in total. The van der Waals surface area contributed by atoms with Gasteiger partial charge in [-0.25, -0.2) is 9.97 Å². The van der Waals surface area contributed by atoms with Crippen LogP contribution in [0.25, 0.3) is 0 Å². The lowest BCUT2D eigenvalue weighted by molar-refractivity contribution is 0.108. The van der Waals surface area contributed by atoms with Crippen LogP contribution in [0, 0.1) is 5.92 Å². The summed E-state index contributed by atoms with van der Waals surface area (Å²) in [6.07, 6.45) is 6.27. The highest BCUT2D eigenvalue weighted by Gasteiger charge is 2.18. The first-order chi connectivity index (χ1) is 8.43. The van der Waals surface area contributed by atoms with Gasteiger partial charge < -0.3 is 10.1 Å². The average molecular weight is 233 g/mol. The smallest absolute Gasteiger partial charge is 0.115 e. The molecule has 0 aliphatic carbocycles. The Morgan fingerprint density at radius 3 is 3.29 bits per heavy atom. The SMILES string of the molecule is c1nc2c(c(CCC3CCNC3)n1)COCC2. The van der Waals surface area contributed by atoms with E-state index in [1.165, 1.54) is 42.9 Å². The van der Waals surface area contributed by atoms with Gasteiger partial charge in [0.15, 0.2) is 0 Å². The molecule has 0 aromatic carbocycles. The Morgan fingerprint density at radius 2 is 2.41 bits per heavy atom. The van der Waals surface area contributed by atoms with Crippen molar-refractivity contribution in [1.29, 1.82) is 0 Å². The summed E-state index contributed by atoms with van der Waals surface area (Å²) in [6, 6.07) is 0. The fraction of sp³-hybridized carbons (Fsp3) is 0.692. The molecule has 0 saturated carbocycles. The van der Waals surface area contributed by atoms with Gasteiger partial charge in [0.2, 0.25) is 0 Å². The minimum Gasteiger partial charge on any atom is -0.376 e. The molecule has 3 heterocycles. The van der Waals surface area contributed by atoms with E-state index >= 15 is 0 Å². The molecular weight excluding hydrogens is 214 g/mol. The Balaban J connectivity index is 1.69. The first-order valence-electron chi connectivity index (χ1n) is 6.53. The highest BCUT2D eigenvalue weighted by atomic mass is 16.5. The van der Waals surface area contributed by atoms with Crippen LogP contribution in [0.15, 0.2) is 6.33 Å². The zero-order chi connectivity index (χ0) is 11.5. The second-order valence-corrected chi connectivity index (χ2v) is 4.95. The van der Waals surface area contributed by atoms with Crippen LogP contribution in [-0.4, -0.2) is 29.7 Å². The molecule has 2 aliphatic rings. The van der Waals surface area contributed by atoms with Crippen molar-refractivity contribution in [2.75, 3.05) is 19.7 Å². The highest BCUT2D eigenvalue weighted by molar-refractivity contribution is 5.25. The van der Waals surface area contributed by atoms with Crippen LogP contribution in [0.1, 0.15) is 29.8 Å². The lowest BCUT2D eigenvalue weighted by Gasteiger charge is -2.18. The van der Waals surface area contributed by atoms with Crippen molar-refractivity contribution in [3.8, 4) is 0 Å². The van der Waals surface area contributed by atoms with Crippen LogP contribution in [-0.2, 0) is 24.2 Å². The van der Waals surface area contributed by atoms with Gasteiger partial charge in [-0.2, -0.15) is 0 Å². The fourth-order valence-corrected chi connectivity index (χ4v) is 2.73. The minimum atomic E-state index is 0.703. The van der Waals surface area contributed by atoms with Gasteiger partial charge in [-0.05, 0) is 38.3 Å². The van der Waals surface area contributed by atoms with E-state index in [0.29, 0.717) is 6.61 Å². The molecule has 1 atom stereocenters. The molecule has 2 aliphatic heterocycles. The number of hydrogen-bond acceptors (Lipinski definition) is 4. The van der Waals surface area contributed by atoms with Crippen molar-refractivity contribution in [3.63, 3.8) is 0 Å². The average Bonchev–Trinajstić information content (AvgIpc) is 2.89. The van der Waals surface area contributed by atoms with E-state index in [4.69, 9.17) is 4.74 Å². The molecule has 4 nitrogen and oxygen atoms in total. The van der Waals surface area contributed by atoms with Gasteiger partial charge in [0.1, 0.15) is 6.33 Å². The van der Waals surface area contributed by atoms with Crippen LogP contribution >= 0.6 is 0 Å². The van der Waals surface area contributed by atoms with Crippen molar-refractivity contribution in [1.82, 2.24) is 15.3 Å². The lowest BCUT2D eigenvalue weighted by Crippen LogP contribution is -2.16. The van der Waals surface area contributed by atoms with Crippen LogP contribution in [0.4, 0.5) is 0 Å². The van der Waals surface area contributed by atoms with Crippen molar-refractivity contribution >= 4 is 0 Å². The third kappa shape index (κ3) is 2.48. The van der Waals surface area contributed by atoms with E-state index in [1.54, 1.807) is 6.33 Å². The predicted octanol–water partition coefficient (Wildman–Crippen LogP) is 1.09. The summed E-state index contributed by atoms with van der Waals surface area (Å²) in [7, 11) is 0. The molecule has 1 saturated heterocycles. The van der Waals surface area contributed by atoms with Gasteiger partial charge in [0, 0.05) is 17.7 Å². The molecule has 1 fully saturated rings. The summed E-state index contributed by atoms with van der Waals surface area (Å²) in [5, 5.41) is 3.41. The van der Waals surface area contributed by atoms with Gasteiger partial charge >= 0.3 is 0 Å². The van der Waals surface area contributed by atoms with E-state index in [0.717, 1.165) is 25.4 Å². The molecule has 92 valence electrons. The Morgan fingerprint density at radius 1 is 1.41 bits per heavy atom. The van der Waals surface area contributed by atoms with Gasteiger partial charge in [0.05, 0.1) is 18.9 Å². The molecule has 3 rings (SSSR count). The summed E-state index contributed by atoms with van der Waals surface area (Å²) < 4.78 is 5.52. The minimum absolute atomic E-state index is 0.703. The second kappa shape index (κ2) is 5.10. The van der Waals surface area contributed by atoms with E-state index in [1.807, 2.05) is 0 Å². The van der Waals surface area contributed by atoms with Gasteiger partial charge in [-0.1, -0.05) is 0 Å². The number of nitrogens with zero attached hydrogens (tertiary/aromatic N) is 2. The molecule has 0 amide bonds. The Labute approximate surface area is 102 Å². The summed E-state index contributed by atoms with van der Waals surface area (Å²) in [4.78, 5) is 8.80. The Hall–Kier alpha value is -1.00. The van der Waals surface area contributed by atoms with Crippen LogP contribution in [0.5, 0.6) is 0 Å². The van der Waals surface area contributed by atoms with Crippen molar-refractivity contribution in [3.05, 3.63) is 23.3 Å². The first kappa shape index (κ1) is 11.1. The van der Waals surface area contributed by atoms with Crippen molar-refractivity contribution < 1.29 is 4.74 Å². The van der Waals surface area contributed by atoms with Crippen LogP contribution in [0.3, 0.4) is 0 Å². The van der Waals surface area contributed by atoms with Crippen LogP contribution in [0.2, 0.25) is 0 Å². The number of hydrogen-bond donors (Lipinski definition) is 1. The van der Waals surface area contributed by atoms with Crippen molar-refractivity contribution in [2.24, 2.45) is 5.92 Å². The Bertz CT molecular complexity index is 388. The number of aromatic nitrogens is 2. The second-order valence-electron chi connectivity index (χ2n) is 4.95. The molecule has 1 unspecified atom stereocenters. The first-order valence-corrected chi connectivity index (χ1v) is 6.53. The Kier molecular flexibility index (Phi) is 3.34. The number of rotatable bonds is 3. The third-order valence-corrected chi connectivity index (χ3v) is 3.81. The molecule has 4 heteroatoms. The van der Waals surface area contributed by atoms with Crippen LogP contribution < -0.4 is 5.32 Å². The summed E-state index contributed by atoms with van der Waals surface area (Å²) in [5.74, 6) is 0.824. The zero-order valence-electron chi connectivity index (χ0n) is 10.1. The maximum atomic E-state index is 5.52. The van der Waals surface area contributed by atoms with E-state index in [9.17, 15) is 0 Å². The molecule has 1 aromatic rings. The number of aryl methyl sites for hydroxylation is 1. The third-order valence-electron chi connectivity index (χ3n) is 3.81. The quantitative estimate of drug-likeness (QED) is 0.849. The molecule has 17 heavy (non-hydrogen) atoms. The van der Waals surface area contributed by atoms with Crippen molar-refractivity contribution in [2.45, 2.75) is 32.3 Å². The summed E-state index contributed by atoms with van der Waals surface area (Å²) >= 11 is 0. The molecular formula is C13H19N3O. The largest absolute Gasteiger partial charge is 0.376 e. The molecule has 0 radical (unpaired) electrons. The van der Waals surface area contributed by atoms with Gasteiger partial charge in [0.25, 0.3) is 0 Å². The van der Waals surface area contributed by atoms with E-state index < -0.39 is 0 Å². The fourth-order valence-electron chi connectivity index (χ4n) is 2.73. The summed E-state index contributed by atoms with van der Waals surface area (Å²) in [6.45, 7) is 3.85. The molecule has 0 spiro atoms. The van der Waals surface area contributed by atoms with Gasteiger partial charge in [-0.15, -0.1) is 0 Å². The number of fused-ring (bicyclic) bond motifs is 1. The zero-order valence-corrected chi connectivity index (χ0v) is 10.1. The summed E-state index contributed by atoms with van der Waals surface area (Å²) in [5.41, 5.74) is 3.66.